The molecule has 1 aromatic heterocycles. The third kappa shape index (κ3) is 5.69. The quantitative estimate of drug-likeness (QED) is 0.501. The predicted molar refractivity (Wildman–Crippen MR) is 136 cm³/mol. The van der Waals surface area contributed by atoms with Gasteiger partial charge in [-0.1, -0.05) is 6.07 Å². The maximum absolute atomic E-state index is 13.3. The highest BCUT2D eigenvalue weighted by atomic mass is 32.2. The molecule has 0 radical (unpaired) electrons. The van der Waals surface area contributed by atoms with Crippen molar-refractivity contribution in [3.05, 3.63) is 48.7 Å². The van der Waals surface area contributed by atoms with Crippen molar-refractivity contribution in [3.8, 4) is 21.0 Å². The van der Waals surface area contributed by atoms with Crippen LogP contribution in [0.15, 0.2) is 53.6 Å². The van der Waals surface area contributed by atoms with Crippen molar-refractivity contribution in [3.63, 3.8) is 0 Å². The van der Waals surface area contributed by atoms with E-state index in [2.05, 4.69) is 15.0 Å². The van der Waals surface area contributed by atoms with Gasteiger partial charge in [-0.2, -0.15) is 0 Å². The second kappa shape index (κ2) is 9.40. The van der Waals surface area contributed by atoms with E-state index in [1.54, 1.807) is 44.0 Å². The van der Waals surface area contributed by atoms with Crippen LogP contribution in [0.5, 0.6) is 0 Å². The van der Waals surface area contributed by atoms with Gasteiger partial charge in [-0.15, -0.1) is 11.3 Å². The largest absolute Gasteiger partial charge is 0.447 e. The first-order valence-electron chi connectivity index (χ1n) is 10.9. The molecule has 2 heterocycles. The fraction of sp³-hybridized carbons (Fsp3) is 0.292. The molecule has 0 unspecified atom stereocenters. The Hall–Kier alpha value is -3.28. The molecule has 1 aliphatic heterocycles. The van der Waals surface area contributed by atoms with Gasteiger partial charge in [-0.25, -0.2) is 22.9 Å². The Labute approximate surface area is 208 Å². The zero-order valence-corrected chi connectivity index (χ0v) is 21.4. The number of anilines is 2. The molecule has 1 saturated heterocycles. The van der Waals surface area contributed by atoms with E-state index in [1.165, 1.54) is 24.3 Å². The molecule has 1 aliphatic rings. The molecule has 1 fully saturated rings. The van der Waals surface area contributed by atoms with Crippen molar-refractivity contribution in [1.82, 2.24) is 9.71 Å². The number of ether oxygens (including phenoxy) is 1. The van der Waals surface area contributed by atoms with Crippen LogP contribution < -0.4 is 14.9 Å². The number of cyclic esters (lactones) is 1. The minimum Gasteiger partial charge on any atom is -0.447 e. The summed E-state index contributed by atoms with van der Waals surface area (Å²) in [4.78, 5) is 30.1. The average Bonchev–Trinajstić information content (AvgIpc) is 3.41. The number of amides is 2. The van der Waals surface area contributed by atoms with E-state index in [0.29, 0.717) is 34.3 Å². The molecule has 0 bridgehead atoms. The fourth-order valence-electron chi connectivity index (χ4n) is 3.63. The number of nitrogens with zero attached hydrogens (tertiary/aromatic N) is 2. The summed E-state index contributed by atoms with van der Waals surface area (Å²) in [6, 6.07) is 12.2. The number of nitrogens with one attached hydrogen (secondary N) is 2. The number of rotatable bonds is 6. The molecule has 4 rings (SSSR count). The lowest BCUT2D eigenvalue weighted by Crippen LogP contribution is -2.40. The molecule has 2 N–H and O–H groups in total. The Balaban J connectivity index is 1.69. The summed E-state index contributed by atoms with van der Waals surface area (Å²) in [5.74, 6) is -0.296. The van der Waals surface area contributed by atoms with Gasteiger partial charge < -0.3 is 10.1 Å². The first-order valence-corrected chi connectivity index (χ1v) is 13.2. The molecule has 0 saturated carbocycles. The molecule has 2 aromatic carbocycles. The monoisotopic (exact) mass is 514 g/mol. The summed E-state index contributed by atoms with van der Waals surface area (Å²) in [6.07, 6.45) is 1.27. The molecule has 0 atom stereocenters. The van der Waals surface area contributed by atoms with E-state index in [1.807, 2.05) is 24.3 Å². The van der Waals surface area contributed by atoms with Gasteiger partial charge >= 0.3 is 6.09 Å². The minimum absolute atomic E-state index is 0.0526. The fourth-order valence-corrected chi connectivity index (χ4v) is 6.32. The van der Waals surface area contributed by atoms with Gasteiger partial charge in [0.2, 0.25) is 15.9 Å². The van der Waals surface area contributed by atoms with E-state index in [4.69, 9.17) is 4.74 Å². The maximum Gasteiger partial charge on any atom is 0.414 e. The number of aromatic nitrogens is 1. The van der Waals surface area contributed by atoms with Crippen molar-refractivity contribution in [1.29, 1.82) is 0 Å². The summed E-state index contributed by atoms with van der Waals surface area (Å²) in [5.41, 5.74) is 1.75. The molecular weight excluding hydrogens is 488 g/mol. The van der Waals surface area contributed by atoms with Crippen LogP contribution in [0.1, 0.15) is 27.7 Å². The molecule has 2 amide bonds. The number of benzene rings is 2. The van der Waals surface area contributed by atoms with Crippen LogP contribution in [0.2, 0.25) is 0 Å². The van der Waals surface area contributed by atoms with Gasteiger partial charge in [0.15, 0.2) is 0 Å². The third-order valence-electron chi connectivity index (χ3n) is 4.99. The number of thiazole rings is 1. The lowest BCUT2D eigenvalue weighted by Gasteiger charge is -2.22. The highest BCUT2D eigenvalue weighted by Crippen LogP contribution is 2.37. The average molecular weight is 515 g/mol. The lowest BCUT2D eigenvalue weighted by molar-refractivity contribution is -0.114. The normalized spacial score (nSPS) is 14.2. The molecule has 35 heavy (non-hydrogen) atoms. The van der Waals surface area contributed by atoms with Gasteiger partial charge in [0.05, 0.1) is 16.3 Å². The summed E-state index contributed by atoms with van der Waals surface area (Å²) in [7, 11) is -3.90. The SMILES string of the molecule is CC(=O)Nc1ccc(-c2cnc(-c3ccc(N4CCOC4=O)cc3)s2)c(S(=O)(=O)NC(C)(C)C)c1. The predicted octanol–water partition coefficient (Wildman–Crippen LogP) is 4.47. The standard InChI is InChI=1S/C24H26N4O5S2/c1-15(29)26-17-7-10-19(21(13-17)35(31,32)27-24(2,3)4)20-14-25-22(34-20)16-5-8-18(9-6-16)28-11-12-33-23(28)30/h5-10,13-14,27H,11-12H2,1-4H3,(H,26,29). The number of sulfonamides is 1. The van der Waals surface area contributed by atoms with Crippen LogP contribution in [0.3, 0.4) is 0 Å². The molecule has 3 aromatic rings. The van der Waals surface area contributed by atoms with Gasteiger partial charge in [-0.3, -0.25) is 9.69 Å². The molecular formula is C24H26N4O5S2. The summed E-state index contributed by atoms with van der Waals surface area (Å²) < 4.78 is 34.2. The van der Waals surface area contributed by atoms with Crippen molar-refractivity contribution < 1.29 is 22.7 Å². The van der Waals surface area contributed by atoms with Crippen LogP contribution >= 0.6 is 11.3 Å². The summed E-state index contributed by atoms with van der Waals surface area (Å²) in [5, 5.41) is 3.34. The smallest absolute Gasteiger partial charge is 0.414 e. The Kier molecular flexibility index (Phi) is 6.67. The molecule has 184 valence electrons. The van der Waals surface area contributed by atoms with Crippen molar-refractivity contribution >= 4 is 44.7 Å². The summed E-state index contributed by atoms with van der Waals surface area (Å²) in [6.45, 7) is 7.53. The zero-order chi connectivity index (χ0) is 25.4. The highest BCUT2D eigenvalue weighted by Gasteiger charge is 2.27. The van der Waals surface area contributed by atoms with E-state index in [0.717, 1.165) is 11.3 Å². The van der Waals surface area contributed by atoms with Crippen molar-refractivity contribution in [2.75, 3.05) is 23.4 Å². The van der Waals surface area contributed by atoms with E-state index in [-0.39, 0.29) is 16.9 Å². The second-order valence-electron chi connectivity index (χ2n) is 9.09. The Morgan fingerprint density at radius 2 is 1.86 bits per heavy atom. The maximum atomic E-state index is 13.3. The number of carbonyl (C=O) groups excluding carboxylic acids is 2. The van der Waals surface area contributed by atoms with Crippen LogP contribution in [-0.2, 0) is 19.6 Å². The van der Waals surface area contributed by atoms with Crippen LogP contribution in [0, 0.1) is 0 Å². The van der Waals surface area contributed by atoms with E-state index < -0.39 is 15.6 Å². The Bertz CT molecular complexity index is 1380. The van der Waals surface area contributed by atoms with Gasteiger partial charge in [0.25, 0.3) is 0 Å². The topological polar surface area (TPSA) is 118 Å². The molecule has 11 heteroatoms. The molecule has 0 aliphatic carbocycles. The zero-order valence-electron chi connectivity index (χ0n) is 19.8. The van der Waals surface area contributed by atoms with Gasteiger partial charge in [0, 0.05) is 41.2 Å². The Morgan fingerprint density at radius 1 is 1.14 bits per heavy atom. The van der Waals surface area contributed by atoms with Crippen molar-refractivity contribution in [2.24, 2.45) is 0 Å². The van der Waals surface area contributed by atoms with Gasteiger partial charge in [-0.05, 0) is 57.2 Å². The van der Waals surface area contributed by atoms with Crippen molar-refractivity contribution in [2.45, 2.75) is 38.1 Å². The summed E-state index contributed by atoms with van der Waals surface area (Å²) >= 11 is 1.35. The first-order chi connectivity index (χ1) is 16.4. The van der Waals surface area contributed by atoms with Crippen LogP contribution in [0.4, 0.5) is 16.2 Å². The number of hydrogen-bond donors (Lipinski definition) is 2. The van der Waals surface area contributed by atoms with E-state index in [9.17, 15) is 18.0 Å². The van der Waals surface area contributed by atoms with Gasteiger partial charge in [0.1, 0.15) is 11.6 Å². The van der Waals surface area contributed by atoms with E-state index >= 15 is 0 Å². The molecule has 9 nitrogen and oxygen atoms in total. The van der Waals surface area contributed by atoms with Crippen LogP contribution in [0.25, 0.3) is 21.0 Å². The number of carbonyl (C=O) groups is 2. The Morgan fingerprint density at radius 3 is 2.46 bits per heavy atom. The third-order valence-corrected chi connectivity index (χ3v) is 7.87. The lowest BCUT2D eigenvalue weighted by atomic mass is 10.1. The highest BCUT2D eigenvalue weighted by molar-refractivity contribution is 7.89. The first kappa shape index (κ1) is 24.8. The molecule has 0 spiro atoms. The number of hydrogen-bond acceptors (Lipinski definition) is 7. The minimum atomic E-state index is -3.90. The van der Waals surface area contributed by atoms with Crippen LogP contribution in [-0.4, -0.2) is 44.1 Å². The second-order valence-corrected chi connectivity index (χ2v) is 11.8.